The maximum Gasteiger partial charge on any atom is 0.274 e. The van der Waals surface area contributed by atoms with Crippen LogP contribution in [0.4, 0.5) is 0 Å². The molecule has 3 N–H and O–H groups in total. The fraction of sp³-hybridized carbons (Fsp3) is 0.714. The average Bonchev–Trinajstić information content (AvgIpc) is 2.69. The molecule has 0 amide bonds. The Morgan fingerprint density at radius 2 is 1.83 bits per heavy atom. The van der Waals surface area contributed by atoms with Gasteiger partial charge in [0.1, 0.15) is 5.75 Å². The van der Waals surface area contributed by atoms with E-state index in [1.54, 1.807) is 7.11 Å². The van der Waals surface area contributed by atoms with Gasteiger partial charge in [0.2, 0.25) is 0 Å². The molecule has 0 aromatic heterocycles. The second-order valence-electron chi connectivity index (χ2n) is 8.62. The standard InChI is InChI=1S/C21H34BrN3O3S/c1-28-20-6-7-21(22)18(15-20)14-17-9-12-25(13-10-17)11-8-16-2-4-19(5-3-16)24-29(23,26)27/h6-7,15-17,19,24H,2-5,8-14H2,1H3,(H2,23,26,27). The van der Waals surface area contributed by atoms with Gasteiger partial charge in [-0.15, -0.1) is 0 Å². The van der Waals surface area contributed by atoms with Gasteiger partial charge in [0.15, 0.2) is 0 Å². The van der Waals surface area contributed by atoms with E-state index in [0.29, 0.717) is 5.92 Å². The zero-order valence-corrected chi connectivity index (χ0v) is 19.7. The average molecular weight is 488 g/mol. The largest absolute Gasteiger partial charge is 0.497 e. The lowest BCUT2D eigenvalue weighted by molar-refractivity contribution is 0.164. The Kier molecular flexibility index (Phi) is 8.39. The second-order valence-corrected chi connectivity index (χ2v) is 10.8. The molecule has 2 aliphatic rings. The van der Waals surface area contributed by atoms with Crippen molar-refractivity contribution in [2.24, 2.45) is 17.0 Å². The number of ether oxygens (including phenoxy) is 1. The first-order chi connectivity index (χ1) is 13.8. The number of nitrogens with two attached hydrogens (primary N) is 1. The number of rotatable bonds is 8. The van der Waals surface area contributed by atoms with Crippen molar-refractivity contribution in [1.82, 2.24) is 9.62 Å². The van der Waals surface area contributed by atoms with Crippen LogP contribution < -0.4 is 14.6 Å². The Hall–Kier alpha value is -0.670. The summed E-state index contributed by atoms with van der Waals surface area (Å²) < 4.78 is 31.4. The highest BCUT2D eigenvalue weighted by atomic mass is 79.9. The molecule has 1 aliphatic heterocycles. The molecule has 3 rings (SSSR count). The molecule has 1 aromatic carbocycles. The minimum atomic E-state index is -3.57. The number of hydrogen-bond acceptors (Lipinski definition) is 4. The van der Waals surface area contributed by atoms with Crippen LogP contribution in [-0.4, -0.2) is 46.1 Å². The molecular formula is C21H34BrN3O3S. The summed E-state index contributed by atoms with van der Waals surface area (Å²) in [6.07, 6.45) is 8.79. The second kappa shape index (κ2) is 10.6. The van der Waals surface area contributed by atoms with Crippen molar-refractivity contribution < 1.29 is 13.2 Å². The summed E-state index contributed by atoms with van der Waals surface area (Å²) >= 11 is 3.68. The number of halogens is 1. The van der Waals surface area contributed by atoms with Crippen LogP contribution in [0.2, 0.25) is 0 Å². The molecule has 2 fully saturated rings. The Labute approximate surface area is 183 Å². The summed E-state index contributed by atoms with van der Waals surface area (Å²) in [5.41, 5.74) is 1.34. The number of nitrogens with one attached hydrogen (secondary N) is 1. The van der Waals surface area contributed by atoms with Gasteiger partial charge in [0, 0.05) is 10.5 Å². The smallest absolute Gasteiger partial charge is 0.274 e. The van der Waals surface area contributed by atoms with Gasteiger partial charge in [-0.3, -0.25) is 0 Å². The van der Waals surface area contributed by atoms with Gasteiger partial charge in [-0.1, -0.05) is 15.9 Å². The molecule has 164 valence electrons. The van der Waals surface area contributed by atoms with Crippen molar-refractivity contribution in [2.75, 3.05) is 26.7 Å². The molecule has 29 heavy (non-hydrogen) atoms. The molecule has 1 aliphatic carbocycles. The van der Waals surface area contributed by atoms with E-state index in [1.807, 2.05) is 6.07 Å². The van der Waals surface area contributed by atoms with Crippen molar-refractivity contribution in [3.05, 3.63) is 28.2 Å². The maximum absolute atomic E-state index is 11.2. The number of likely N-dealkylation sites (tertiary alicyclic amines) is 1. The number of hydrogen-bond donors (Lipinski definition) is 2. The third kappa shape index (κ3) is 7.51. The van der Waals surface area contributed by atoms with Crippen molar-refractivity contribution >= 4 is 26.1 Å². The number of piperidine rings is 1. The van der Waals surface area contributed by atoms with Crippen LogP contribution in [0.1, 0.15) is 50.5 Å². The summed E-state index contributed by atoms with van der Waals surface area (Å²) in [6.45, 7) is 3.51. The minimum Gasteiger partial charge on any atom is -0.497 e. The summed E-state index contributed by atoms with van der Waals surface area (Å²) in [6, 6.07) is 6.25. The Morgan fingerprint density at radius 3 is 2.45 bits per heavy atom. The Balaban J connectivity index is 1.35. The molecule has 1 saturated heterocycles. The number of methoxy groups -OCH3 is 1. The van der Waals surface area contributed by atoms with E-state index in [2.05, 4.69) is 37.7 Å². The SMILES string of the molecule is COc1ccc(Br)c(CC2CCN(CCC3CCC(NS(N)(=O)=O)CC3)CC2)c1. The molecule has 0 bridgehead atoms. The van der Waals surface area contributed by atoms with Gasteiger partial charge in [-0.25, -0.2) is 5.14 Å². The monoisotopic (exact) mass is 487 g/mol. The van der Waals surface area contributed by atoms with E-state index in [9.17, 15) is 8.42 Å². The Bertz CT molecular complexity index is 758. The van der Waals surface area contributed by atoms with Crippen molar-refractivity contribution in [1.29, 1.82) is 0 Å². The molecule has 0 atom stereocenters. The van der Waals surface area contributed by atoms with Crippen LogP contribution in [-0.2, 0) is 16.6 Å². The predicted molar refractivity (Wildman–Crippen MR) is 120 cm³/mol. The highest BCUT2D eigenvalue weighted by Crippen LogP contribution is 2.30. The molecule has 6 nitrogen and oxygen atoms in total. The first-order valence-corrected chi connectivity index (χ1v) is 13.0. The predicted octanol–water partition coefficient (Wildman–Crippen LogP) is 3.45. The van der Waals surface area contributed by atoms with E-state index in [4.69, 9.17) is 9.88 Å². The lowest BCUT2D eigenvalue weighted by Gasteiger charge is -2.34. The maximum atomic E-state index is 11.2. The van der Waals surface area contributed by atoms with Crippen molar-refractivity contribution in [3.63, 3.8) is 0 Å². The third-order valence-corrected chi connectivity index (χ3v) is 7.94. The quantitative estimate of drug-likeness (QED) is 0.587. The number of nitrogens with zero attached hydrogens (tertiary/aromatic N) is 1. The van der Waals surface area contributed by atoms with Gasteiger partial charge in [-0.2, -0.15) is 13.1 Å². The molecule has 0 unspecified atom stereocenters. The lowest BCUT2D eigenvalue weighted by atomic mass is 9.84. The van der Waals surface area contributed by atoms with Crippen LogP contribution in [0.25, 0.3) is 0 Å². The number of benzene rings is 1. The fourth-order valence-electron chi connectivity index (χ4n) is 4.73. The molecular weight excluding hydrogens is 454 g/mol. The lowest BCUT2D eigenvalue weighted by Crippen LogP contribution is -2.41. The summed E-state index contributed by atoms with van der Waals surface area (Å²) in [4.78, 5) is 2.60. The van der Waals surface area contributed by atoms with Crippen molar-refractivity contribution in [3.8, 4) is 5.75 Å². The van der Waals surface area contributed by atoms with E-state index in [-0.39, 0.29) is 6.04 Å². The third-order valence-electron chi connectivity index (χ3n) is 6.50. The zero-order chi connectivity index (χ0) is 20.9. The fourth-order valence-corrected chi connectivity index (χ4v) is 5.83. The van der Waals surface area contributed by atoms with Gasteiger partial charge < -0.3 is 9.64 Å². The zero-order valence-electron chi connectivity index (χ0n) is 17.3. The summed E-state index contributed by atoms with van der Waals surface area (Å²) in [5.74, 6) is 2.36. The first kappa shape index (κ1) is 23.0. The normalized spacial score (nSPS) is 24.5. The summed E-state index contributed by atoms with van der Waals surface area (Å²) in [7, 11) is -1.86. The van der Waals surface area contributed by atoms with Crippen LogP contribution >= 0.6 is 15.9 Å². The van der Waals surface area contributed by atoms with Crippen LogP contribution in [0.3, 0.4) is 0 Å². The van der Waals surface area contributed by atoms with Gasteiger partial charge in [-0.05, 0) is 107 Å². The van der Waals surface area contributed by atoms with Crippen LogP contribution in [0, 0.1) is 11.8 Å². The van der Waals surface area contributed by atoms with E-state index < -0.39 is 10.2 Å². The van der Waals surface area contributed by atoms with E-state index >= 15 is 0 Å². The molecule has 1 saturated carbocycles. The van der Waals surface area contributed by atoms with Crippen molar-refractivity contribution in [2.45, 2.75) is 57.4 Å². The molecule has 0 radical (unpaired) electrons. The summed E-state index contributed by atoms with van der Waals surface area (Å²) in [5, 5.41) is 5.09. The minimum absolute atomic E-state index is 0.0212. The highest BCUT2D eigenvalue weighted by Gasteiger charge is 2.25. The Morgan fingerprint density at radius 1 is 1.14 bits per heavy atom. The van der Waals surface area contributed by atoms with Gasteiger partial charge in [0.25, 0.3) is 10.2 Å². The topological polar surface area (TPSA) is 84.7 Å². The van der Waals surface area contributed by atoms with Gasteiger partial charge in [0.05, 0.1) is 7.11 Å². The molecule has 0 spiro atoms. The van der Waals surface area contributed by atoms with E-state index in [1.165, 1.54) is 42.4 Å². The van der Waals surface area contributed by atoms with Crippen LogP contribution in [0.5, 0.6) is 5.75 Å². The highest BCUT2D eigenvalue weighted by molar-refractivity contribution is 9.10. The first-order valence-electron chi connectivity index (χ1n) is 10.7. The molecule has 1 aromatic rings. The van der Waals surface area contributed by atoms with Crippen LogP contribution in [0.15, 0.2) is 22.7 Å². The van der Waals surface area contributed by atoms with Gasteiger partial charge >= 0.3 is 0 Å². The molecule has 8 heteroatoms. The van der Waals surface area contributed by atoms with E-state index in [0.717, 1.165) is 50.3 Å². The molecule has 1 heterocycles.